The van der Waals surface area contributed by atoms with Crippen LogP contribution in [0.3, 0.4) is 0 Å². The van der Waals surface area contributed by atoms with Crippen molar-refractivity contribution in [2.75, 3.05) is 13.1 Å². The molecule has 0 saturated carbocycles. The van der Waals surface area contributed by atoms with Crippen LogP contribution in [0.4, 0.5) is 0 Å². The summed E-state index contributed by atoms with van der Waals surface area (Å²) in [6.07, 6.45) is 9.81. The lowest BCUT2D eigenvalue weighted by Crippen LogP contribution is -2.15. The van der Waals surface area contributed by atoms with E-state index in [0.29, 0.717) is 5.71 Å². The summed E-state index contributed by atoms with van der Waals surface area (Å²) in [5.41, 5.74) is 5.46. The van der Waals surface area contributed by atoms with Crippen molar-refractivity contribution in [1.82, 2.24) is 10.3 Å². The van der Waals surface area contributed by atoms with E-state index in [9.17, 15) is 0 Å². The summed E-state index contributed by atoms with van der Waals surface area (Å²) in [6.45, 7) is 2.71. The Hall–Kier alpha value is -3.31. The van der Waals surface area contributed by atoms with Gasteiger partial charge in [0.1, 0.15) is 5.71 Å². The second kappa shape index (κ2) is 13.1. The minimum absolute atomic E-state index is 0.660. The number of rotatable bonds is 12. The van der Waals surface area contributed by atoms with E-state index in [1.807, 2.05) is 12.1 Å². The fraction of sp³-hybridized carbons (Fsp3) is 0.269. The molecule has 5 heteroatoms. The van der Waals surface area contributed by atoms with Crippen molar-refractivity contribution in [2.24, 2.45) is 15.9 Å². The number of aliphatic imine (C=N–C) groups is 1. The molecule has 1 aromatic heterocycles. The highest BCUT2D eigenvalue weighted by Gasteiger charge is 2.03. The normalized spacial score (nSPS) is 11.8. The van der Waals surface area contributed by atoms with Crippen molar-refractivity contribution < 1.29 is 0 Å². The van der Waals surface area contributed by atoms with Crippen LogP contribution in [-0.4, -0.2) is 30.0 Å². The average Bonchev–Trinajstić information content (AvgIpc) is 2.84. The lowest BCUT2D eigenvalue weighted by molar-refractivity contribution is 0.591. The van der Waals surface area contributed by atoms with Gasteiger partial charge in [0.15, 0.2) is 0 Å². The van der Waals surface area contributed by atoms with Gasteiger partial charge in [-0.3, -0.25) is 9.98 Å². The van der Waals surface area contributed by atoms with Crippen LogP contribution in [0.1, 0.15) is 36.8 Å². The quantitative estimate of drug-likeness (QED) is 0.193. The second-order valence-corrected chi connectivity index (χ2v) is 7.41. The highest BCUT2D eigenvalue weighted by molar-refractivity contribution is 6.38. The van der Waals surface area contributed by atoms with E-state index in [4.69, 9.17) is 5.84 Å². The van der Waals surface area contributed by atoms with Crippen molar-refractivity contribution in [2.45, 2.75) is 32.2 Å². The minimum atomic E-state index is 0.660. The number of hydrogen-bond donors (Lipinski definition) is 2. The largest absolute Gasteiger partial charge is 0.323 e. The SMILES string of the molecule is NN=C(C=NCCCCCCNCc1ccccc1-c1ccccc1)c1cccnc1. The predicted octanol–water partition coefficient (Wildman–Crippen LogP) is 4.83. The lowest BCUT2D eigenvalue weighted by atomic mass is 10.00. The van der Waals surface area contributed by atoms with Gasteiger partial charge in [-0.1, -0.05) is 67.4 Å². The van der Waals surface area contributed by atoms with Gasteiger partial charge in [-0.15, -0.1) is 0 Å². The van der Waals surface area contributed by atoms with Crippen molar-refractivity contribution >= 4 is 11.9 Å². The Kier molecular flexibility index (Phi) is 9.45. The summed E-state index contributed by atoms with van der Waals surface area (Å²) in [5.74, 6) is 5.46. The smallest absolute Gasteiger partial charge is 0.109 e. The maximum atomic E-state index is 5.46. The number of nitrogens with two attached hydrogens (primary N) is 1. The van der Waals surface area contributed by atoms with Crippen molar-refractivity contribution in [3.05, 3.63) is 90.3 Å². The molecule has 0 atom stereocenters. The van der Waals surface area contributed by atoms with Crippen LogP contribution in [0.25, 0.3) is 11.1 Å². The molecule has 0 saturated heterocycles. The van der Waals surface area contributed by atoms with E-state index >= 15 is 0 Å². The minimum Gasteiger partial charge on any atom is -0.323 e. The first kappa shape index (κ1) is 22.4. The summed E-state index contributed by atoms with van der Waals surface area (Å²) in [6, 6.07) is 23.0. The summed E-state index contributed by atoms with van der Waals surface area (Å²) >= 11 is 0. The van der Waals surface area contributed by atoms with Gasteiger partial charge < -0.3 is 11.2 Å². The van der Waals surface area contributed by atoms with Crippen LogP contribution in [0.15, 0.2) is 89.2 Å². The molecule has 0 radical (unpaired) electrons. The molecule has 0 aliphatic rings. The molecular weight excluding hydrogens is 382 g/mol. The van der Waals surface area contributed by atoms with Gasteiger partial charge in [-0.2, -0.15) is 5.10 Å². The van der Waals surface area contributed by atoms with E-state index in [2.05, 4.69) is 75.0 Å². The van der Waals surface area contributed by atoms with E-state index in [1.165, 1.54) is 36.0 Å². The maximum Gasteiger partial charge on any atom is 0.109 e. The van der Waals surface area contributed by atoms with E-state index in [0.717, 1.165) is 31.6 Å². The molecule has 1 heterocycles. The molecule has 2 aromatic carbocycles. The van der Waals surface area contributed by atoms with Gasteiger partial charge in [0.25, 0.3) is 0 Å². The van der Waals surface area contributed by atoms with Crippen LogP contribution in [0.2, 0.25) is 0 Å². The van der Waals surface area contributed by atoms with E-state index < -0.39 is 0 Å². The van der Waals surface area contributed by atoms with Crippen LogP contribution in [0.5, 0.6) is 0 Å². The van der Waals surface area contributed by atoms with Crippen molar-refractivity contribution in [3.8, 4) is 11.1 Å². The molecule has 0 fully saturated rings. The molecule has 3 aromatic rings. The van der Waals surface area contributed by atoms with Crippen LogP contribution >= 0.6 is 0 Å². The molecule has 31 heavy (non-hydrogen) atoms. The number of hydrogen-bond acceptors (Lipinski definition) is 5. The predicted molar refractivity (Wildman–Crippen MR) is 130 cm³/mol. The first-order valence-corrected chi connectivity index (χ1v) is 10.9. The summed E-state index contributed by atoms with van der Waals surface area (Å²) in [5, 5.41) is 7.38. The summed E-state index contributed by atoms with van der Waals surface area (Å²) in [7, 11) is 0. The van der Waals surface area contributed by atoms with E-state index in [-0.39, 0.29) is 0 Å². The van der Waals surface area contributed by atoms with Crippen molar-refractivity contribution in [3.63, 3.8) is 0 Å². The van der Waals surface area contributed by atoms with Crippen LogP contribution in [-0.2, 0) is 6.54 Å². The molecule has 0 unspecified atom stereocenters. The molecule has 5 nitrogen and oxygen atoms in total. The summed E-state index contributed by atoms with van der Waals surface area (Å²) in [4.78, 5) is 8.53. The molecule has 0 spiro atoms. The van der Waals surface area contributed by atoms with Gasteiger partial charge in [-0.25, -0.2) is 0 Å². The first-order chi connectivity index (χ1) is 15.4. The Balaban J connectivity index is 1.30. The average molecular weight is 414 g/mol. The zero-order valence-electron chi connectivity index (χ0n) is 18.0. The van der Waals surface area contributed by atoms with Crippen LogP contribution < -0.4 is 11.2 Å². The van der Waals surface area contributed by atoms with Crippen LogP contribution in [0, 0.1) is 0 Å². The van der Waals surface area contributed by atoms with Crippen molar-refractivity contribution in [1.29, 1.82) is 0 Å². The highest BCUT2D eigenvalue weighted by Crippen LogP contribution is 2.23. The van der Waals surface area contributed by atoms with Gasteiger partial charge in [0, 0.05) is 37.3 Å². The number of hydrazone groups is 1. The van der Waals surface area contributed by atoms with Gasteiger partial charge >= 0.3 is 0 Å². The lowest BCUT2D eigenvalue weighted by Gasteiger charge is -2.11. The molecule has 0 bridgehead atoms. The first-order valence-electron chi connectivity index (χ1n) is 10.9. The molecule has 160 valence electrons. The zero-order valence-corrected chi connectivity index (χ0v) is 18.0. The molecule has 0 aliphatic heterocycles. The Morgan fingerprint density at radius 1 is 0.903 bits per heavy atom. The second-order valence-electron chi connectivity index (χ2n) is 7.41. The molecular formula is C26H31N5. The standard InChI is InChI=1S/C26H31N5/c27-31-26(24-14-10-18-29-20-24)21-30-17-9-2-1-8-16-28-19-23-13-6-7-15-25(23)22-11-4-3-5-12-22/h3-7,10-15,18,20-21,28H,1-2,8-9,16-17,19,27H2. The Morgan fingerprint density at radius 2 is 1.71 bits per heavy atom. The molecule has 3 rings (SSSR count). The number of aromatic nitrogens is 1. The fourth-order valence-electron chi connectivity index (χ4n) is 3.45. The Labute approximate surface area is 185 Å². The Morgan fingerprint density at radius 3 is 2.52 bits per heavy atom. The zero-order chi connectivity index (χ0) is 21.6. The third-order valence-corrected chi connectivity index (χ3v) is 5.12. The molecule has 0 amide bonds. The Bertz CT molecular complexity index is 952. The van der Waals surface area contributed by atoms with Gasteiger partial charge in [0.05, 0.1) is 0 Å². The summed E-state index contributed by atoms with van der Waals surface area (Å²) < 4.78 is 0. The molecule has 0 aliphatic carbocycles. The number of nitrogens with one attached hydrogen (secondary N) is 1. The third kappa shape index (κ3) is 7.46. The maximum absolute atomic E-state index is 5.46. The van der Waals surface area contributed by atoms with E-state index in [1.54, 1.807) is 18.6 Å². The topological polar surface area (TPSA) is 75.7 Å². The third-order valence-electron chi connectivity index (χ3n) is 5.12. The number of unbranched alkanes of at least 4 members (excludes halogenated alkanes) is 3. The number of pyridine rings is 1. The number of nitrogens with zero attached hydrogens (tertiary/aromatic N) is 3. The van der Waals surface area contributed by atoms with Gasteiger partial charge in [-0.05, 0) is 48.2 Å². The number of benzene rings is 2. The fourth-order valence-corrected chi connectivity index (χ4v) is 3.45. The molecule has 3 N–H and O–H groups in total. The highest BCUT2D eigenvalue weighted by atomic mass is 15.1. The monoisotopic (exact) mass is 413 g/mol. The van der Waals surface area contributed by atoms with Gasteiger partial charge in [0.2, 0.25) is 0 Å².